The topological polar surface area (TPSA) is 15.6 Å². The lowest BCUT2D eigenvalue weighted by atomic mass is 9.99. The van der Waals surface area contributed by atoms with E-state index in [2.05, 4.69) is 46.9 Å². The van der Waals surface area contributed by atoms with E-state index in [0.717, 1.165) is 17.9 Å². The van der Waals surface area contributed by atoms with Crippen LogP contribution in [0.1, 0.15) is 31.0 Å². The summed E-state index contributed by atoms with van der Waals surface area (Å²) in [6, 6.07) is 6.72. The summed E-state index contributed by atoms with van der Waals surface area (Å²) in [5.74, 6) is 7.37. The van der Waals surface area contributed by atoms with Crippen LogP contribution in [0, 0.1) is 11.8 Å². The zero-order chi connectivity index (χ0) is 13.1. The van der Waals surface area contributed by atoms with E-state index in [4.69, 9.17) is 11.6 Å². The molecule has 2 rings (SSSR count). The molecule has 1 aliphatic rings. The van der Waals surface area contributed by atoms with Crippen molar-refractivity contribution in [1.29, 1.82) is 0 Å². The summed E-state index contributed by atoms with van der Waals surface area (Å²) in [4.78, 5) is 6.75. The lowest BCUT2D eigenvalue weighted by Gasteiger charge is -2.32. The Bertz CT molecular complexity index is 537. The third-order valence-electron chi connectivity index (χ3n) is 3.37. The van der Waals surface area contributed by atoms with Gasteiger partial charge in [0.05, 0.1) is 17.6 Å². The van der Waals surface area contributed by atoms with Crippen molar-refractivity contribution in [3.63, 3.8) is 0 Å². The average Bonchev–Trinajstić information content (AvgIpc) is 2.40. The number of amidine groups is 1. The summed E-state index contributed by atoms with van der Waals surface area (Å²) in [6.45, 7) is 4.03. The van der Waals surface area contributed by atoms with Crippen molar-refractivity contribution in [2.24, 2.45) is 4.99 Å². The van der Waals surface area contributed by atoms with Crippen LogP contribution in [0.4, 0.5) is 5.69 Å². The summed E-state index contributed by atoms with van der Waals surface area (Å²) in [7, 11) is 2.03. The Morgan fingerprint density at radius 2 is 2.22 bits per heavy atom. The van der Waals surface area contributed by atoms with E-state index in [1.165, 1.54) is 11.1 Å². The first kappa shape index (κ1) is 13.0. The van der Waals surface area contributed by atoms with Crippen molar-refractivity contribution in [3.05, 3.63) is 29.3 Å². The summed E-state index contributed by atoms with van der Waals surface area (Å²) in [5.41, 5.74) is 3.49. The molecule has 0 saturated heterocycles. The second-order valence-corrected chi connectivity index (χ2v) is 4.71. The Morgan fingerprint density at radius 1 is 1.44 bits per heavy atom. The van der Waals surface area contributed by atoms with E-state index >= 15 is 0 Å². The Balaban J connectivity index is 2.41. The van der Waals surface area contributed by atoms with E-state index in [9.17, 15) is 0 Å². The first-order chi connectivity index (χ1) is 8.67. The van der Waals surface area contributed by atoms with Crippen LogP contribution in [0.3, 0.4) is 0 Å². The van der Waals surface area contributed by atoms with Crippen molar-refractivity contribution in [2.75, 3.05) is 12.9 Å². The minimum atomic E-state index is 0.317. The smallest absolute Gasteiger partial charge is 0.120 e. The van der Waals surface area contributed by atoms with Gasteiger partial charge in [-0.25, -0.2) is 4.99 Å². The van der Waals surface area contributed by atoms with Gasteiger partial charge in [-0.3, -0.25) is 0 Å². The standard InChI is InChI=1S/C15H17ClN2/c1-4-5-6-12-7-8-13-11(2)18(3)15(10-16)17-14(13)9-12/h7-9,11H,6,10H2,1-3H3. The van der Waals surface area contributed by atoms with Crippen LogP contribution in [-0.2, 0) is 6.42 Å². The monoisotopic (exact) mass is 260 g/mol. The molecule has 18 heavy (non-hydrogen) atoms. The molecule has 94 valence electrons. The summed E-state index contributed by atoms with van der Waals surface area (Å²) >= 11 is 5.94. The highest BCUT2D eigenvalue weighted by Gasteiger charge is 2.23. The molecule has 2 nitrogen and oxygen atoms in total. The van der Waals surface area contributed by atoms with Gasteiger partial charge in [0.15, 0.2) is 0 Å². The van der Waals surface area contributed by atoms with Crippen molar-refractivity contribution in [3.8, 4) is 11.8 Å². The molecule has 1 aliphatic heterocycles. The first-order valence-electron chi connectivity index (χ1n) is 6.06. The molecule has 0 spiro atoms. The molecular weight excluding hydrogens is 244 g/mol. The highest BCUT2D eigenvalue weighted by Crippen LogP contribution is 2.34. The molecule has 1 aromatic carbocycles. The number of benzene rings is 1. The fraction of sp³-hybridized carbons (Fsp3) is 0.400. The zero-order valence-corrected chi connectivity index (χ0v) is 11.8. The number of hydrogen-bond donors (Lipinski definition) is 0. The number of halogens is 1. The maximum absolute atomic E-state index is 5.94. The number of hydrogen-bond acceptors (Lipinski definition) is 2. The van der Waals surface area contributed by atoms with Gasteiger partial charge >= 0.3 is 0 Å². The van der Waals surface area contributed by atoms with Crippen LogP contribution in [0.5, 0.6) is 0 Å². The molecule has 1 unspecified atom stereocenters. The normalized spacial score (nSPS) is 17.7. The predicted molar refractivity (Wildman–Crippen MR) is 77.6 cm³/mol. The molecule has 0 N–H and O–H groups in total. The van der Waals surface area contributed by atoms with Gasteiger partial charge in [0.2, 0.25) is 0 Å². The quantitative estimate of drug-likeness (QED) is 0.587. The number of rotatable bonds is 2. The van der Waals surface area contributed by atoms with E-state index in [0.29, 0.717) is 11.9 Å². The Labute approximate surface area is 114 Å². The second kappa shape index (κ2) is 5.46. The van der Waals surface area contributed by atoms with Crippen molar-refractivity contribution in [1.82, 2.24) is 4.90 Å². The van der Waals surface area contributed by atoms with Crippen LogP contribution in [0.25, 0.3) is 0 Å². The number of alkyl halides is 1. The molecular formula is C15H17ClN2. The first-order valence-corrected chi connectivity index (χ1v) is 6.59. The van der Waals surface area contributed by atoms with Gasteiger partial charge in [-0.1, -0.05) is 18.1 Å². The molecule has 0 aliphatic carbocycles. The molecule has 0 amide bonds. The summed E-state index contributed by atoms with van der Waals surface area (Å²) < 4.78 is 0. The summed E-state index contributed by atoms with van der Waals surface area (Å²) in [6.07, 6.45) is 0.778. The number of fused-ring (bicyclic) bond motifs is 1. The maximum Gasteiger partial charge on any atom is 0.120 e. The summed E-state index contributed by atoms with van der Waals surface area (Å²) in [5, 5.41) is 0. The second-order valence-electron chi connectivity index (χ2n) is 4.45. The molecule has 3 heteroatoms. The van der Waals surface area contributed by atoms with Gasteiger partial charge in [0, 0.05) is 13.5 Å². The van der Waals surface area contributed by atoms with Crippen molar-refractivity contribution < 1.29 is 0 Å². The van der Waals surface area contributed by atoms with E-state index in [1.54, 1.807) is 0 Å². The molecule has 0 fully saturated rings. The zero-order valence-electron chi connectivity index (χ0n) is 11.0. The molecule has 1 aromatic rings. The Hall–Kier alpha value is -1.46. The highest BCUT2D eigenvalue weighted by atomic mass is 35.5. The Kier molecular flexibility index (Phi) is 3.93. The largest absolute Gasteiger partial charge is 0.355 e. The third-order valence-corrected chi connectivity index (χ3v) is 3.61. The molecule has 0 aromatic heterocycles. The molecule has 0 radical (unpaired) electrons. The van der Waals surface area contributed by atoms with E-state index in [1.807, 2.05) is 14.0 Å². The van der Waals surface area contributed by atoms with Gasteiger partial charge < -0.3 is 4.90 Å². The molecule has 0 bridgehead atoms. The molecule has 0 saturated carbocycles. The predicted octanol–water partition coefficient (Wildman–Crippen LogP) is 3.53. The minimum Gasteiger partial charge on any atom is -0.355 e. The highest BCUT2D eigenvalue weighted by molar-refractivity contribution is 6.28. The third kappa shape index (κ3) is 2.37. The van der Waals surface area contributed by atoms with Gasteiger partial charge in [-0.15, -0.1) is 17.5 Å². The van der Waals surface area contributed by atoms with Crippen LogP contribution in [0.2, 0.25) is 0 Å². The van der Waals surface area contributed by atoms with Crippen molar-refractivity contribution in [2.45, 2.75) is 26.3 Å². The van der Waals surface area contributed by atoms with Gasteiger partial charge in [-0.05, 0) is 31.0 Å². The SMILES string of the molecule is CC#CCc1ccc2c(c1)N=C(CCl)N(C)C2C. The van der Waals surface area contributed by atoms with Crippen LogP contribution < -0.4 is 0 Å². The van der Waals surface area contributed by atoms with Crippen LogP contribution >= 0.6 is 11.6 Å². The number of nitrogens with zero attached hydrogens (tertiary/aromatic N) is 2. The molecule has 1 heterocycles. The number of aliphatic imine (C=N–C) groups is 1. The van der Waals surface area contributed by atoms with Gasteiger partial charge in [0.1, 0.15) is 5.84 Å². The lowest BCUT2D eigenvalue weighted by Crippen LogP contribution is -2.33. The lowest BCUT2D eigenvalue weighted by molar-refractivity contribution is 0.394. The molecule has 1 atom stereocenters. The minimum absolute atomic E-state index is 0.317. The van der Waals surface area contributed by atoms with Gasteiger partial charge in [-0.2, -0.15) is 0 Å². The fourth-order valence-corrected chi connectivity index (χ4v) is 2.36. The van der Waals surface area contributed by atoms with E-state index in [-0.39, 0.29) is 0 Å². The van der Waals surface area contributed by atoms with Crippen LogP contribution in [-0.4, -0.2) is 23.7 Å². The average molecular weight is 261 g/mol. The fourth-order valence-electron chi connectivity index (χ4n) is 2.11. The van der Waals surface area contributed by atoms with E-state index < -0.39 is 0 Å². The Morgan fingerprint density at radius 3 is 2.89 bits per heavy atom. The van der Waals surface area contributed by atoms with Crippen molar-refractivity contribution >= 4 is 23.1 Å². The van der Waals surface area contributed by atoms with Crippen LogP contribution in [0.15, 0.2) is 23.2 Å². The maximum atomic E-state index is 5.94. The van der Waals surface area contributed by atoms with Gasteiger partial charge in [0.25, 0.3) is 0 Å².